The Morgan fingerprint density at radius 3 is 2.93 bits per heavy atom. The number of nitrogens with zero attached hydrogens (tertiary/aromatic N) is 2. The van der Waals surface area contributed by atoms with Crippen LogP contribution in [0.5, 0.6) is 0 Å². The second-order valence-corrected chi connectivity index (χ2v) is 3.51. The van der Waals surface area contributed by atoms with Gasteiger partial charge in [0, 0.05) is 32.7 Å². The van der Waals surface area contributed by atoms with Crippen molar-refractivity contribution in [1.82, 2.24) is 9.97 Å². The van der Waals surface area contributed by atoms with E-state index in [0.717, 1.165) is 37.6 Å². The molecule has 1 N–H and O–H groups in total. The number of anilines is 1. The highest BCUT2D eigenvalue weighted by Gasteiger charge is 2.00. The number of aryl methyl sites for hydroxylation is 1. The molecule has 0 saturated carbocycles. The molecule has 5 heteroatoms. The van der Waals surface area contributed by atoms with Gasteiger partial charge in [-0.15, -0.1) is 0 Å². The van der Waals surface area contributed by atoms with E-state index < -0.39 is 0 Å². The van der Waals surface area contributed by atoms with Crippen LogP contribution < -0.4 is 5.32 Å². The number of aromatic nitrogens is 2. The maximum absolute atomic E-state index is 5.85. The summed E-state index contributed by atoms with van der Waals surface area (Å²) in [6.45, 7) is 3.57. The van der Waals surface area contributed by atoms with Gasteiger partial charge < -0.3 is 10.1 Å². The minimum atomic E-state index is 0.482. The third-order valence-corrected chi connectivity index (χ3v) is 2.08. The molecule has 1 aromatic heterocycles. The highest BCUT2D eigenvalue weighted by atomic mass is 35.5. The Kier molecular flexibility index (Phi) is 5.36. The van der Waals surface area contributed by atoms with E-state index in [-0.39, 0.29) is 0 Å². The van der Waals surface area contributed by atoms with Gasteiger partial charge in [-0.2, -0.15) is 0 Å². The van der Waals surface area contributed by atoms with Crippen LogP contribution in [-0.2, 0) is 11.2 Å². The molecule has 0 saturated heterocycles. The van der Waals surface area contributed by atoms with Crippen molar-refractivity contribution in [3.63, 3.8) is 0 Å². The van der Waals surface area contributed by atoms with Crippen LogP contribution in [0.4, 0.5) is 5.82 Å². The largest absolute Gasteiger partial charge is 0.385 e. The molecule has 1 aromatic rings. The Labute approximate surface area is 95.0 Å². The van der Waals surface area contributed by atoms with Crippen LogP contribution in [0.1, 0.15) is 19.2 Å². The zero-order chi connectivity index (χ0) is 11.1. The summed E-state index contributed by atoms with van der Waals surface area (Å²) in [5.74, 6) is 1.54. The van der Waals surface area contributed by atoms with E-state index in [4.69, 9.17) is 16.3 Å². The van der Waals surface area contributed by atoms with Crippen molar-refractivity contribution in [2.24, 2.45) is 0 Å². The number of ether oxygens (including phenoxy) is 1. The minimum absolute atomic E-state index is 0.482. The van der Waals surface area contributed by atoms with Crippen LogP contribution in [0.2, 0.25) is 5.15 Å². The van der Waals surface area contributed by atoms with Crippen LogP contribution in [0.15, 0.2) is 6.07 Å². The molecule has 1 heterocycles. The van der Waals surface area contributed by atoms with E-state index in [1.54, 1.807) is 13.2 Å². The summed E-state index contributed by atoms with van der Waals surface area (Å²) in [7, 11) is 1.69. The second kappa shape index (κ2) is 6.58. The lowest BCUT2D eigenvalue weighted by Crippen LogP contribution is -2.07. The monoisotopic (exact) mass is 229 g/mol. The fourth-order valence-electron chi connectivity index (χ4n) is 1.15. The van der Waals surface area contributed by atoms with Gasteiger partial charge in [-0.05, 0) is 6.42 Å². The summed E-state index contributed by atoms with van der Waals surface area (Å²) in [6.07, 6.45) is 1.73. The van der Waals surface area contributed by atoms with E-state index in [9.17, 15) is 0 Å². The second-order valence-electron chi connectivity index (χ2n) is 3.12. The Morgan fingerprint density at radius 2 is 2.27 bits per heavy atom. The third kappa shape index (κ3) is 4.44. The SMILES string of the molecule is CCc1nc(Cl)cc(NCCCOC)n1. The zero-order valence-corrected chi connectivity index (χ0v) is 9.84. The average Bonchev–Trinajstić information content (AvgIpc) is 2.23. The molecule has 4 nitrogen and oxygen atoms in total. The van der Waals surface area contributed by atoms with Gasteiger partial charge in [0.1, 0.15) is 16.8 Å². The summed E-state index contributed by atoms with van der Waals surface area (Å²) < 4.78 is 4.95. The van der Waals surface area contributed by atoms with E-state index in [2.05, 4.69) is 15.3 Å². The number of hydrogen-bond donors (Lipinski definition) is 1. The molecule has 0 radical (unpaired) electrons. The maximum Gasteiger partial charge on any atom is 0.134 e. The van der Waals surface area contributed by atoms with Crippen molar-refractivity contribution >= 4 is 17.4 Å². The molecule has 0 aromatic carbocycles. The van der Waals surface area contributed by atoms with Gasteiger partial charge in [0.25, 0.3) is 0 Å². The lowest BCUT2D eigenvalue weighted by atomic mass is 10.4. The first-order chi connectivity index (χ1) is 7.26. The molecule has 0 bridgehead atoms. The van der Waals surface area contributed by atoms with Crippen molar-refractivity contribution in [2.45, 2.75) is 19.8 Å². The molecule has 0 aliphatic rings. The van der Waals surface area contributed by atoms with Crippen LogP contribution in [0.3, 0.4) is 0 Å². The smallest absolute Gasteiger partial charge is 0.134 e. The van der Waals surface area contributed by atoms with Crippen LogP contribution in [-0.4, -0.2) is 30.2 Å². The quantitative estimate of drug-likeness (QED) is 0.600. The first kappa shape index (κ1) is 12.2. The van der Waals surface area contributed by atoms with E-state index in [0.29, 0.717) is 5.15 Å². The zero-order valence-electron chi connectivity index (χ0n) is 9.09. The van der Waals surface area contributed by atoms with Gasteiger partial charge in [0.2, 0.25) is 0 Å². The summed E-state index contributed by atoms with van der Waals surface area (Å²) >= 11 is 5.85. The molecule has 1 rings (SSSR count). The predicted molar refractivity (Wildman–Crippen MR) is 61.4 cm³/mol. The first-order valence-corrected chi connectivity index (χ1v) is 5.40. The lowest BCUT2D eigenvalue weighted by Gasteiger charge is -2.06. The molecule has 0 amide bonds. The predicted octanol–water partition coefficient (Wildman–Crippen LogP) is 2.14. The van der Waals surface area contributed by atoms with Crippen molar-refractivity contribution in [2.75, 3.05) is 25.6 Å². The molecule has 0 spiro atoms. The Morgan fingerprint density at radius 1 is 1.47 bits per heavy atom. The van der Waals surface area contributed by atoms with Gasteiger partial charge in [-0.1, -0.05) is 18.5 Å². The molecule has 15 heavy (non-hydrogen) atoms. The standard InChI is InChI=1S/C10H16ClN3O/c1-3-9-13-8(11)7-10(14-9)12-5-4-6-15-2/h7H,3-6H2,1-2H3,(H,12,13,14). The molecular formula is C10H16ClN3O. The highest BCUT2D eigenvalue weighted by Crippen LogP contribution is 2.11. The Bertz CT molecular complexity index is 307. The molecule has 84 valence electrons. The molecule has 0 fully saturated rings. The van der Waals surface area contributed by atoms with Gasteiger partial charge in [-0.25, -0.2) is 9.97 Å². The van der Waals surface area contributed by atoms with Crippen molar-refractivity contribution in [1.29, 1.82) is 0 Å². The number of nitrogens with one attached hydrogen (secondary N) is 1. The van der Waals surface area contributed by atoms with Crippen LogP contribution in [0, 0.1) is 0 Å². The molecular weight excluding hydrogens is 214 g/mol. The summed E-state index contributed by atoms with van der Waals surface area (Å²) in [4.78, 5) is 8.39. The van der Waals surface area contributed by atoms with Crippen molar-refractivity contribution in [3.05, 3.63) is 17.0 Å². The number of methoxy groups -OCH3 is 1. The molecule has 0 aliphatic heterocycles. The number of halogens is 1. The average molecular weight is 230 g/mol. The number of hydrogen-bond acceptors (Lipinski definition) is 4. The summed E-state index contributed by atoms with van der Waals surface area (Å²) in [6, 6.07) is 1.73. The van der Waals surface area contributed by atoms with Gasteiger partial charge in [-0.3, -0.25) is 0 Å². The van der Waals surface area contributed by atoms with Gasteiger partial charge in [0.05, 0.1) is 0 Å². The summed E-state index contributed by atoms with van der Waals surface area (Å²) in [5.41, 5.74) is 0. The van der Waals surface area contributed by atoms with Crippen molar-refractivity contribution < 1.29 is 4.74 Å². The van der Waals surface area contributed by atoms with E-state index in [1.807, 2.05) is 6.92 Å². The van der Waals surface area contributed by atoms with Gasteiger partial charge in [0.15, 0.2) is 0 Å². The Hall–Kier alpha value is -0.870. The third-order valence-electron chi connectivity index (χ3n) is 1.89. The maximum atomic E-state index is 5.85. The molecule has 0 atom stereocenters. The summed E-state index contributed by atoms with van der Waals surface area (Å²) in [5, 5.41) is 3.66. The molecule has 0 aliphatic carbocycles. The lowest BCUT2D eigenvalue weighted by molar-refractivity contribution is 0.198. The highest BCUT2D eigenvalue weighted by molar-refractivity contribution is 6.29. The van der Waals surface area contributed by atoms with Crippen molar-refractivity contribution in [3.8, 4) is 0 Å². The van der Waals surface area contributed by atoms with E-state index >= 15 is 0 Å². The number of rotatable bonds is 6. The van der Waals surface area contributed by atoms with Gasteiger partial charge >= 0.3 is 0 Å². The normalized spacial score (nSPS) is 10.3. The molecule has 0 unspecified atom stereocenters. The minimum Gasteiger partial charge on any atom is -0.385 e. The van der Waals surface area contributed by atoms with Crippen LogP contribution >= 0.6 is 11.6 Å². The fourth-order valence-corrected chi connectivity index (χ4v) is 1.35. The fraction of sp³-hybridized carbons (Fsp3) is 0.600. The first-order valence-electron chi connectivity index (χ1n) is 5.02. The topological polar surface area (TPSA) is 47.0 Å². The van der Waals surface area contributed by atoms with Crippen LogP contribution in [0.25, 0.3) is 0 Å². The Balaban J connectivity index is 2.49. The van der Waals surface area contributed by atoms with E-state index in [1.165, 1.54) is 0 Å².